The zero-order chi connectivity index (χ0) is 21.1. The van der Waals surface area contributed by atoms with Gasteiger partial charge in [-0.3, -0.25) is 9.89 Å². The van der Waals surface area contributed by atoms with E-state index in [0.29, 0.717) is 11.4 Å². The fourth-order valence-electron chi connectivity index (χ4n) is 3.31. The number of amides is 1. The largest absolute Gasteiger partial charge is 0.497 e. The van der Waals surface area contributed by atoms with E-state index in [2.05, 4.69) is 25.5 Å². The molecule has 0 saturated carbocycles. The summed E-state index contributed by atoms with van der Waals surface area (Å²) in [4.78, 5) is 21.3. The molecule has 4 rings (SSSR count). The number of aryl methyl sites for hydroxylation is 1. The molecule has 0 radical (unpaired) electrons. The zero-order valence-corrected chi connectivity index (χ0v) is 16.7. The minimum Gasteiger partial charge on any atom is -0.497 e. The first kappa shape index (κ1) is 19.5. The van der Waals surface area contributed by atoms with Crippen LogP contribution in [0.3, 0.4) is 0 Å². The van der Waals surface area contributed by atoms with Crippen LogP contribution in [0.1, 0.15) is 27.8 Å². The number of aromatic amines is 1. The van der Waals surface area contributed by atoms with E-state index in [-0.39, 0.29) is 24.2 Å². The minimum absolute atomic E-state index is 0.243. The number of nitrogens with zero attached hydrogens (tertiary/aromatic N) is 3. The maximum absolute atomic E-state index is 12.8. The summed E-state index contributed by atoms with van der Waals surface area (Å²) in [6, 6.07) is 14.6. The lowest BCUT2D eigenvalue weighted by molar-refractivity contribution is 0.0932. The second-order valence-corrected chi connectivity index (χ2v) is 6.90. The fraction of sp³-hybridized carbons (Fsp3) is 0.182. The molecule has 4 N–H and O–H groups in total. The van der Waals surface area contributed by atoms with Gasteiger partial charge in [0.2, 0.25) is 0 Å². The molecule has 2 aromatic heterocycles. The van der Waals surface area contributed by atoms with Crippen molar-refractivity contribution in [2.75, 3.05) is 13.7 Å². The van der Waals surface area contributed by atoms with Crippen LogP contribution in [0.2, 0.25) is 0 Å². The van der Waals surface area contributed by atoms with Crippen molar-refractivity contribution in [1.29, 1.82) is 0 Å². The van der Waals surface area contributed by atoms with E-state index in [1.165, 1.54) is 6.33 Å². The maximum atomic E-state index is 12.8. The van der Waals surface area contributed by atoms with Gasteiger partial charge in [-0.05, 0) is 42.8 Å². The number of hydrogen-bond donors (Lipinski definition) is 3. The summed E-state index contributed by atoms with van der Waals surface area (Å²) in [5.41, 5.74) is 10.4. The number of fused-ring (bicyclic) bond motifs is 1. The van der Waals surface area contributed by atoms with Gasteiger partial charge in [-0.15, -0.1) is 0 Å². The van der Waals surface area contributed by atoms with Gasteiger partial charge in [0.25, 0.3) is 5.91 Å². The number of benzene rings is 2. The van der Waals surface area contributed by atoms with Crippen molar-refractivity contribution < 1.29 is 9.53 Å². The number of nitrogens with two attached hydrogens (primary N) is 1. The summed E-state index contributed by atoms with van der Waals surface area (Å²) in [6.45, 7) is 2.18. The number of rotatable bonds is 6. The lowest BCUT2D eigenvalue weighted by Gasteiger charge is -2.18. The molecule has 8 nitrogen and oxygen atoms in total. The van der Waals surface area contributed by atoms with Gasteiger partial charge >= 0.3 is 0 Å². The first-order valence-electron chi connectivity index (χ1n) is 9.51. The van der Waals surface area contributed by atoms with E-state index in [4.69, 9.17) is 10.5 Å². The lowest BCUT2D eigenvalue weighted by Crippen LogP contribution is -2.33. The van der Waals surface area contributed by atoms with Crippen molar-refractivity contribution in [2.45, 2.75) is 13.0 Å². The molecule has 0 bridgehead atoms. The van der Waals surface area contributed by atoms with Crippen LogP contribution in [0.25, 0.3) is 22.2 Å². The Labute approximate surface area is 173 Å². The highest BCUT2D eigenvalue weighted by atomic mass is 16.5. The van der Waals surface area contributed by atoms with Crippen molar-refractivity contribution in [3.63, 3.8) is 0 Å². The van der Waals surface area contributed by atoms with Gasteiger partial charge in [-0.2, -0.15) is 5.10 Å². The Hall–Kier alpha value is -3.78. The average molecular weight is 402 g/mol. The van der Waals surface area contributed by atoms with E-state index in [9.17, 15) is 4.79 Å². The van der Waals surface area contributed by atoms with Gasteiger partial charge in [0.05, 0.1) is 30.1 Å². The fourth-order valence-corrected chi connectivity index (χ4v) is 3.31. The van der Waals surface area contributed by atoms with Crippen LogP contribution in [0, 0.1) is 6.92 Å². The van der Waals surface area contributed by atoms with Gasteiger partial charge in [0, 0.05) is 17.5 Å². The Morgan fingerprint density at radius 1 is 1.20 bits per heavy atom. The number of aromatic nitrogens is 4. The molecule has 0 aliphatic heterocycles. The van der Waals surface area contributed by atoms with Crippen LogP contribution in [-0.4, -0.2) is 39.7 Å². The number of carbonyl (C=O) groups excluding carboxylic acids is 1. The second kappa shape index (κ2) is 8.30. The van der Waals surface area contributed by atoms with Crippen molar-refractivity contribution in [3.8, 4) is 17.0 Å². The van der Waals surface area contributed by atoms with E-state index in [1.807, 2.05) is 49.4 Å². The molecule has 30 heavy (non-hydrogen) atoms. The molecular formula is C22H22N6O2. The molecule has 0 aliphatic rings. The van der Waals surface area contributed by atoms with Crippen molar-refractivity contribution in [2.24, 2.45) is 5.73 Å². The highest BCUT2D eigenvalue weighted by molar-refractivity contribution is 5.94. The molecule has 1 atom stereocenters. The summed E-state index contributed by atoms with van der Waals surface area (Å²) in [5, 5.41) is 11.1. The summed E-state index contributed by atoms with van der Waals surface area (Å²) in [5.74, 6) is 0.381. The number of hydrogen-bond acceptors (Lipinski definition) is 6. The zero-order valence-electron chi connectivity index (χ0n) is 16.7. The summed E-state index contributed by atoms with van der Waals surface area (Å²) in [6.07, 6.45) is 1.39. The van der Waals surface area contributed by atoms with Crippen LogP contribution in [0.4, 0.5) is 0 Å². The average Bonchev–Trinajstić information content (AvgIpc) is 3.17. The summed E-state index contributed by atoms with van der Waals surface area (Å²) < 4.78 is 5.26. The molecular weight excluding hydrogens is 380 g/mol. The van der Waals surface area contributed by atoms with Crippen molar-refractivity contribution in [1.82, 2.24) is 25.5 Å². The Balaban J connectivity index is 1.59. The SMILES string of the molecule is COc1cccc(C(CN)NC(=O)c2cc(-c3ccc4[nH]nc(C)c4c3)ncn2)c1. The third-order valence-corrected chi connectivity index (χ3v) is 4.99. The van der Waals surface area contributed by atoms with Gasteiger partial charge in [0.1, 0.15) is 17.8 Å². The van der Waals surface area contributed by atoms with E-state index in [1.54, 1.807) is 13.2 Å². The Morgan fingerprint density at radius 2 is 2.07 bits per heavy atom. The first-order valence-corrected chi connectivity index (χ1v) is 9.51. The molecule has 1 unspecified atom stereocenters. The van der Waals surface area contributed by atoms with Crippen LogP contribution in [-0.2, 0) is 0 Å². The maximum Gasteiger partial charge on any atom is 0.270 e. The minimum atomic E-state index is -0.365. The van der Waals surface area contributed by atoms with Crippen molar-refractivity contribution >= 4 is 16.8 Å². The number of ether oxygens (including phenoxy) is 1. The van der Waals surface area contributed by atoms with Crippen LogP contribution in [0.5, 0.6) is 5.75 Å². The third kappa shape index (κ3) is 3.85. The Bertz CT molecular complexity index is 1200. The quantitative estimate of drug-likeness (QED) is 0.456. The molecule has 2 heterocycles. The number of carbonyl (C=O) groups is 1. The monoisotopic (exact) mass is 402 g/mol. The molecule has 1 amide bonds. The highest BCUT2D eigenvalue weighted by Gasteiger charge is 2.17. The normalized spacial score (nSPS) is 12.0. The molecule has 152 valence electrons. The lowest BCUT2D eigenvalue weighted by atomic mass is 10.1. The van der Waals surface area contributed by atoms with Crippen LogP contribution >= 0.6 is 0 Å². The highest BCUT2D eigenvalue weighted by Crippen LogP contribution is 2.24. The van der Waals surface area contributed by atoms with E-state index in [0.717, 1.165) is 27.7 Å². The molecule has 4 aromatic rings. The molecule has 2 aromatic carbocycles. The number of nitrogens with one attached hydrogen (secondary N) is 2. The number of methoxy groups -OCH3 is 1. The molecule has 8 heteroatoms. The van der Waals surface area contributed by atoms with E-state index < -0.39 is 0 Å². The van der Waals surface area contributed by atoms with Crippen LogP contribution < -0.4 is 15.8 Å². The molecule has 0 saturated heterocycles. The molecule has 0 fully saturated rings. The third-order valence-electron chi connectivity index (χ3n) is 4.99. The standard InChI is InChI=1S/C22H22N6O2/c1-13-17-9-15(6-7-18(17)28-27-13)19-10-20(25-12-24-19)22(29)26-21(11-23)14-4-3-5-16(8-14)30-2/h3-10,12,21H,11,23H2,1-2H3,(H,26,29)(H,27,28). The smallest absolute Gasteiger partial charge is 0.270 e. The Morgan fingerprint density at radius 3 is 2.87 bits per heavy atom. The topological polar surface area (TPSA) is 119 Å². The van der Waals surface area contributed by atoms with Gasteiger partial charge in [-0.25, -0.2) is 9.97 Å². The van der Waals surface area contributed by atoms with Gasteiger partial charge in [-0.1, -0.05) is 18.2 Å². The predicted octanol–water partition coefficient (Wildman–Crippen LogP) is 2.77. The van der Waals surface area contributed by atoms with E-state index >= 15 is 0 Å². The van der Waals surface area contributed by atoms with Gasteiger partial charge < -0.3 is 15.8 Å². The van der Waals surface area contributed by atoms with Crippen molar-refractivity contribution in [3.05, 3.63) is 71.8 Å². The molecule has 0 aliphatic carbocycles. The Kier molecular flexibility index (Phi) is 5.40. The summed E-state index contributed by atoms with van der Waals surface area (Å²) >= 11 is 0. The molecule has 0 spiro atoms. The van der Waals surface area contributed by atoms with Crippen LogP contribution in [0.15, 0.2) is 54.9 Å². The second-order valence-electron chi connectivity index (χ2n) is 6.90. The first-order chi connectivity index (χ1) is 14.6. The number of H-pyrrole nitrogens is 1. The summed E-state index contributed by atoms with van der Waals surface area (Å²) in [7, 11) is 1.60. The predicted molar refractivity (Wildman–Crippen MR) is 114 cm³/mol. The van der Waals surface area contributed by atoms with Gasteiger partial charge in [0.15, 0.2) is 0 Å².